The van der Waals surface area contributed by atoms with E-state index in [0.717, 1.165) is 17.0 Å². The zero-order valence-corrected chi connectivity index (χ0v) is 9.62. The van der Waals surface area contributed by atoms with Crippen LogP contribution < -0.4 is 5.32 Å². The molecule has 0 heterocycles. The van der Waals surface area contributed by atoms with Crippen molar-refractivity contribution in [1.82, 2.24) is 5.32 Å². The van der Waals surface area contributed by atoms with E-state index in [4.69, 9.17) is 0 Å². The third kappa shape index (κ3) is 2.72. The third-order valence-corrected chi connectivity index (χ3v) is 2.98. The predicted molar refractivity (Wildman–Crippen MR) is 60.3 cm³/mol. The summed E-state index contributed by atoms with van der Waals surface area (Å²) in [6.45, 7) is 5.00. The molecule has 0 spiro atoms. The van der Waals surface area contributed by atoms with E-state index in [1.165, 1.54) is 6.07 Å². The molecule has 0 amide bonds. The molecule has 3 heteroatoms. The van der Waals surface area contributed by atoms with Crippen molar-refractivity contribution >= 4 is 11.8 Å². The Labute approximate surface area is 89.1 Å². The van der Waals surface area contributed by atoms with E-state index in [-0.39, 0.29) is 11.9 Å². The Morgan fingerprint density at radius 1 is 1.50 bits per heavy atom. The van der Waals surface area contributed by atoms with Crippen molar-refractivity contribution in [2.75, 3.05) is 12.8 Å². The van der Waals surface area contributed by atoms with E-state index in [0.29, 0.717) is 0 Å². The first-order valence-corrected chi connectivity index (χ1v) is 5.98. The molecule has 1 N–H and O–H groups in total. The number of hydrogen-bond donors (Lipinski definition) is 1. The van der Waals surface area contributed by atoms with Crippen LogP contribution in [0.4, 0.5) is 4.39 Å². The van der Waals surface area contributed by atoms with Crippen molar-refractivity contribution in [3.8, 4) is 0 Å². The molecule has 0 aromatic heterocycles. The van der Waals surface area contributed by atoms with Gasteiger partial charge in [0.25, 0.3) is 0 Å². The fraction of sp³-hybridized carbons (Fsp3) is 0.455. The van der Waals surface area contributed by atoms with Crippen molar-refractivity contribution in [2.45, 2.75) is 24.8 Å². The van der Waals surface area contributed by atoms with E-state index in [1.54, 1.807) is 17.8 Å². The van der Waals surface area contributed by atoms with Crippen LogP contribution in [0.25, 0.3) is 0 Å². The normalized spacial score (nSPS) is 12.9. The Morgan fingerprint density at radius 2 is 2.21 bits per heavy atom. The highest BCUT2D eigenvalue weighted by Crippen LogP contribution is 2.26. The van der Waals surface area contributed by atoms with Gasteiger partial charge in [-0.3, -0.25) is 0 Å². The third-order valence-electron chi connectivity index (χ3n) is 2.17. The maximum absolute atomic E-state index is 13.0. The molecule has 78 valence electrons. The quantitative estimate of drug-likeness (QED) is 0.771. The summed E-state index contributed by atoms with van der Waals surface area (Å²) < 4.78 is 13.0. The number of nitrogens with one attached hydrogen (secondary N) is 1. The van der Waals surface area contributed by atoms with Gasteiger partial charge in [0.15, 0.2) is 0 Å². The van der Waals surface area contributed by atoms with Crippen molar-refractivity contribution in [1.29, 1.82) is 0 Å². The molecule has 1 atom stereocenters. The first-order valence-electron chi connectivity index (χ1n) is 4.75. The van der Waals surface area contributed by atoms with E-state index >= 15 is 0 Å². The highest BCUT2D eigenvalue weighted by molar-refractivity contribution is 7.98. The van der Waals surface area contributed by atoms with E-state index in [1.807, 2.05) is 12.3 Å². The van der Waals surface area contributed by atoms with Gasteiger partial charge in [-0.15, -0.1) is 11.8 Å². The molecule has 0 aliphatic rings. The molecule has 1 unspecified atom stereocenters. The van der Waals surface area contributed by atoms with E-state index in [9.17, 15) is 4.39 Å². The minimum atomic E-state index is -0.164. The molecule has 1 rings (SSSR count). The SMILES string of the molecule is CCNC(C)c1cc(F)ccc1SC. The molecule has 0 saturated carbocycles. The van der Waals surface area contributed by atoms with Crippen LogP contribution in [0.5, 0.6) is 0 Å². The minimum absolute atomic E-state index is 0.164. The van der Waals surface area contributed by atoms with Gasteiger partial charge in [-0.1, -0.05) is 6.92 Å². The molecule has 1 nitrogen and oxygen atoms in total. The molecule has 0 aliphatic carbocycles. The molecule has 0 fully saturated rings. The lowest BCUT2D eigenvalue weighted by Gasteiger charge is -2.16. The van der Waals surface area contributed by atoms with Crippen LogP contribution in [-0.4, -0.2) is 12.8 Å². The van der Waals surface area contributed by atoms with Gasteiger partial charge in [-0.2, -0.15) is 0 Å². The average molecular weight is 213 g/mol. The van der Waals surface area contributed by atoms with Crippen LogP contribution in [0.3, 0.4) is 0 Å². The van der Waals surface area contributed by atoms with Crippen LogP contribution >= 0.6 is 11.8 Å². The second-order valence-electron chi connectivity index (χ2n) is 3.17. The van der Waals surface area contributed by atoms with Crippen LogP contribution in [0.15, 0.2) is 23.1 Å². The lowest BCUT2D eigenvalue weighted by Crippen LogP contribution is -2.18. The van der Waals surface area contributed by atoms with Crippen LogP contribution in [0, 0.1) is 5.82 Å². The Kier molecular flexibility index (Phi) is 4.42. The minimum Gasteiger partial charge on any atom is -0.310 e. The monoisotopic (exact) mass is 213 g/mol. The zero-order valence-electron chi connectivity index (χ0n) is 8.80. The molecule has 0 aliphatic heterocycles. The van der Waals surface area contributed by atoms with Gasteiger partial charge in [0, 0.05) is 10.9 Å². The van der Waals surface area contributed by atoms with Crippen molar-refractivity contribution in [3.63, 3.8) is 0 Å². The van der Waals surface area contributed by atoms with E-state index < -0.39 is 0 Å². The number of benzene rings is 1. The number of rotatable bonds is 4. The average Bonchev–Trinajstić information content (AvgIpc) is 2.18. The second-order valence-corrected chi connectivity index (χ2v) is 4.01. The fourth-order valence-electron chi connectivity index (χ4n) is 1.46. The standard InChI is InChI=1S/C11H16FNS/c1-4-13-8(2)10-7-9(12)5-6-11(10)14-3/h5-8,13H,4H2,1-3H3. The Balaban J connectivity index is 2.97. The number of thioether (sulfide) groups is 1. The van der Waals surface area contributed by atoms with Crippen molar-refractivity contribution in [3.05, 3.63) is 29.6 Å². The summed E-state index contributed by atoms with van der Waals surface area (Å²) in [5.41, 5.74) is 1.04. The molecular weight excluding hydrogens is 197 g/mol. The fourth-order valence-corrected chi connectivity index (χ4v) is 2.14. The van der Waals surface area contributed by atoms with Crippen molar-refractivity contribution < 1.29 is 4.39 Å². The lowest BCUT2D eigenvalue weighted by molar-refractivity contribution is 0.574. The summed E-state index contributed by atoms with van der Waals surface area (Å²) in [6.07, 6.45) is 2.01. The van der Waals surface area contributed by atoms with Gasteiger partial charge in [0.1, 0.15) is 5.82 Å². The van der Waals surface area contributed by atoms with Gasteiger partial charge in [-0.25, -0.2) is 4.39 Å². The molecule has 0 saturated heterocycles. The summed E-state index contributed by atoms with van der Waals surface area (Å²) in [5, 5.41) is 3.28. The first-order chi connectivity index (χ1) is 6.69. The summed E-state index contributed by atoms with van der Waals surface area (Å²) in [5.74, 6) is -0.164. The molecule has 14 heavy (non-hydrogen) atoms. The van der Waals surface area contributed by atoms with Gasteiger partial charge < -0.3 is 5.32 Å². The van der Waals surface area contributed by atoms with Crippen LogP contribution in [0.2, 0.25) is 0 Å². The Morgan fingerprint density at radius 3 is 2.79 bits per heavy atom. The highest BCUT2D eigenvalue weighted by atomic mass is 32.2. The maximum atomic E-state index is 13.0. The number of halogens is 1. The van der Waals surface area contributed by atoms with Gasteiger partial charge in [-0.05, 0) is 43.5 Å². The zero-order chi connectivity index (χ0) is 10.6. The summed E-state index contributed by atoms with van der Waals surface area (Å²) in [4.78, 5) is 1.14. The van der Waals surface area contributed by atoms with Crippen LogP contribution in [-0.2, 0) is 0 Å². The van der Waals surface area contributed by atoms with Crippen molar-refractivity contribution in [2.24, 2.45) is 0 Å². The maximum Gasteiger partial charge on any atom is 0.123 e. The highest BCUT2D eigenvalue weighted by Gasteiger charge is 2.09. The smallest absolute Gasteiger partial charge is 0.123 e. The molecule has 1 aromatic carbocycles. The van der Waals surface area contributed by atoms with Gasteiger partial charge in [0.05, 0.1) is 0 Å². The van der Waals surface area contributed by atoms with Gasteiger partial charge >= 0.3 is 0 Å². The summed E-state index contributed by atoms with van der Waals surface area (Å²) in [7, 11) is 0. The molecule has 1 aromatic rings. The lowest BCUT2D eigenvalue weighted by atomic mass is 10.1. The molecule has 0 radical (unpaired) electrons. The van der Waals surface area contributed by atoms with Gasteiger partial charge in [0.2, 0.25) is 0 Å². The summed E-state index contributed by atoms with van der Waals surface area (Å²) >= 11 is 1.65. The number of hydrogen-bond acceptors (Lipinski definition) is 2. The second kappa shape index (κ2) is 5.37. The van der Waals surface area contributed by atoms with E-state index in [2.05, 4.69) is 19.2 Å². The molecular formula is C11H16FNS. The molecule has 0 bridgehead atoms. The predicted octanol–water partition coefficient (Wildman–Crippen LogP) is 3.22. The topological polar surface area (TPSA) is 12.0 Å². The largest absolute Gasteiger partial charge is 0.310 e. The van der Waals surface area contributed by atoms with Crippen LogP contribution in [0.1, 0.15) is 25.5 Å². The Bertz CT molecular complexity index is 301. The Hall–Kier alpha value is -0.540. The first kappa shape index (κ1) is 11.5. The summed E-state index contributed by atoms with van der Waals surface area (Å²) in [6, 6.07) is 5.16.